The number of ether oxygens (including phenoxy) is 1. The van der Waals surface area contributed by atoms with Crippen LogP contribution in [0.25, 0.3) is 0 Å². The molecule has 0 saturated carbocycles. The van der Waals surface area contributed by atoms with Crippen molar-refractivity contribution in [1.29, 1.82) is 0 Å². The van der Waals surface area contributed by atoms with Gasteiger partial charge in [-0.3, -0.25) is 14.4 Å². The monoisotopic (exact) mass is 518 g/mol. The van der Waals surface area contributed by atoms with Crippen molar-refractivity contribution in [3.8, 4) is 0 Å². The van der Waals surface area contributed by atoms with Crippen molar-refractivity contribution in [2.45, 2.75) is 69.1 Å². The number of carboxylic acids is 1. The minimum atomic E-state index is -1.18. The van der Waals surface area contributed by atoms with E-state index in [4.69, 9.17) is 21.4 Å². The van der Waals surface area contributed by atoms with Crippen LogP contribution in [0.3, 0.4) is 0 Å². The zero-order valence-electron chi connectivity index (χ0n) is 20.7. The van der Waals surface area contributed by atoms with E-state index in [1.807, 2.05) is 6.92 Å². The summed E-state index contributed by atoms with van der Waals surface area (Å²) in [5.74, 6) is -3.55. The van der Waals surface area contributed by atoms with Crippen LogP contribution in [0.2, 0.25) is 5.02 Å². The summed E-state index contributed by atoms with van der Waals surface area (Å²) < 4.78 is 6.59. The molecule has 196 valence electrons. The molecule has 3 aliphatic rings. The number of halogens is 1. The Kier molecular flexibility index (Phi) is 7.78. The van der Waals surface area contributed by atoms with Gasteiger partial charge in [0.2, 0.25) is 5.91 Å². The third kappa shape index (κ3) is 4.23. The average Bonchev–Trinajstić information content (AvgIpc) is 3.46. The number of carbonyl (C=O) groups is 3. The van der Waals surface area contributed by atoms with Gasteiger partial charge in [0.25, 0.3) is 5.91 Å². The van der Waals surface area contributed by atoms with Gasteiger partial charge in [0.15, 0.2) is 0 Å². The van der Waals surface area contributed by atoms with Crippen molar-refractivity contribution >= 4 is 35.1 Å². The summed E-state index contributed by atoms with van der Waals surface area (Å²) in [6.45, 7) is 6.35. The van der Waals surface area contributed by atoms with Gasteiger partial charge < -0.3 is 24.7 Å². The highest BCUT2D eigenvalue weighted by molar-refractivity contribution is 6.30. The molecule has 3 fully saturated rings. The normalized spacial score (nSPS) is 30.5. The number of carboxylic acid groups (broad SMARTS) is 1. The fourth-order valence-corrected chi connectivity index (χ4v) is 6.71. The second-order valence-corrected chi connectivity index (χ2v) is 10.5. The van der Waals surface area contributed by atoms with Crippen LogP contribution in [-0.4, -0.2) is 69.8 Å². The van der Waals surface area contributed by atoms with E-state index >= 15 is 0 Å². The third-order valence-corrected chi connectivity index (χ3v) is 8.46. The molecule has 5 atom stereocenters. The summed E-state index contributed by atoms with van der Waals surface area (Å²) in [6, 6.07) is 5.96. The molecule has 2 amide bonds. The summed E-state index contributed by atoms with van der Waals surface area (Å²) >= 11 is 6.07. The van der Waals surface area contributed by atoms with Crippen LogP contribution in [0.5, 0.6) is 0 Å². The molecule has 3 heterocycles. The Bertz CT molecular complexity index is 1020. The number of anilines is 1. The Morgan fingerprint density at radius 3 is 2.53 bits per heavy atom. The van der Waals surface area contributed by atoms with E-state index in [-0.39, 0.29) is 25.0 Å². The lowest BCUT2D eigenvalue weighted by Crippen LogP contribution is -2.56. The Labute approximate surface area is 216 Å². The molecule has 9 heteroatoms. The van der Waals surface area contributed by atoms with E-state index in [0.717, 1.165) is 12.8 Å². The highest BCUT2D eigenvalue weighted by atomic mass is 35.5. The maximum Gasteiger partial charge on any atom is 0.310 e. The van der Waals surface area contributed by atoms with Crippen molar-refractivity contribution < 1.29 is 29.3 Å². The first kappa shape index (κ1) is 26.6. The molecule has 0 radical (unpaired) electrons. The van der Waals surface area contributed by atoms with Crippen molar-refractivity contribution in [2.75, 3.05) is 24.6 Å². The van der Waals surface area contributed by atoms with Gasteiger partial charge in [0.1, 0.15) is 17.6 Å². The van der Waals surface area contributed by atoms with Gasteiger partial charge in [-0.1, -0.05) is 37.4 Å². The summed E-state index contributed by atoms with van der Waals surface area (Å²) in [5.41, 5.74) is -1.50. The van der Waals surface area contributed by atoms with E-state index < -0.39 is 35.0 Å². The molecule has 8 nitrogen and oxygen atoms in total. The van der Waals surface area contributed by atoms with Crippen molar-refractivity contribution in [3.63, 3.8) is 0 Å². The Morgan fingerprint density at radius 2 is 1.92 bits per heavy atom. The molecule has 2 N–H and O–H groups in total. The predicted octanol–water partition coefficient (Wildman–Crippen LogP) is 3.65. The molecular weight excluding hydrogens is 484 g/mol. The minimum Gasteiger partial charge on any atom is -0.481 e. The van der Waals surface area contributed by atoms with Gasteiger partial charge >= 0.3 is 5.97 Å². The third-order valence-electron chi connectivity index (χ3n) is 8.20. The lowest BCUT2D eigenvalue weighted by Gasteiger charge is -2.37. The quantitative estimate of drug-likeness (QED) is 0.323. The van der Waals surface area contributed by atoms with E-state index in [1.165, 1.54) is 0 Å². The maximum absolute atomic E-state index is 14.3. The molecular formula is C27H35ClN2O6. The number of hydrogen-bond donors (Lipinski definition) is 2. The smallest absolute Gasteiger partial charge is 0.310 e. The number of nitrogens with zero attached hydrogens (tertiary/aromatic N) is 2. The standard InChI is InChI=1S/C27H35ClN2O6/c1-3-15-29(19-11-9-18(28)10-12-19)24(33)22-27-14-13-26(4-2,36-27)21(25(34)35)20(27)23(32)30(22)16-7-5-6-8-17-31/h3,9-12,20-22,31H,1,4-8,13-17H2,2H3,(H,34,35)/t20-,21+,22?,26-,27?/m0/s1. The number of carbonyl (C=O) groups excluding carboxylic acids is 2. The number of unbranched alkanes of at least 4 members (excludes halogenated alkanes) is 3. The number of aliphatic hydroxyl groups is 1. The Hall–Kier alpha value is -2.42. The number of aliphatic hydroxyl groups excluding tert-OH is 1. The van der Waals surface area contributed by atoms with E-state index in [1.54, 1.807) is 40.1 Å². The summed E-state index contributed by atoms with van der Waals surface area (Å²) in [5, 5.41) is 19.8. The van der Waals surface area contributed by atoms with E-state index in [2.05, 4.69) is 6.58 Å². The minimum absolute atomic E-state index is 0.111. The molecule has 1 aromatic rings. The van der Waals surface area contributed by atoms with Gasteiger partial charge in [0.05, 0.1) is 11.5 Å². The molecule has 4 rings (SSSR count). The van der Waals surface area contributed by atoms with Gasteiger partial charge in [-0.25, -0.2) is 0 Å². The number of aliphatic carboxylic acids is 1. The lowest BCUT2D eigenvalue weighted by atomic mass is 9.65. The van der Waals surface area contributed by atoms with Crippen molar-refractivity contribution in [1.82, 2.24) is 4.90 Å². The molecule has 0 aromatic heterocycles. The lowest BCUT2D eigenvalue weighted by molar-refractivity contribution is -0.155. The maximum atomic E-state index is 14.3. The predicted molar refractivity (Wildman–Crippen MR) is 136 cm³/mol. The first-order valence-corrected chi connectivity index (χ1v) is 13.2. The van der Waals surface area contributed by atoms with E-state index in [0.29, 0.717) is 49.4 Å². The summed E-state index contributed by atoms with van der Waals surface area (Å²) in [4.78, 5) is 43.8. The fourth-order valence-electron chi connectivity index (χ4n) is 6.58. The Morgan fingerprint density at radius 1 is 1.22 bits per heavy atom. The number of likely N-dealkylation sites (tertiary alicyclic amines) is 1. The van der Waals surface area contributed by atoms with Gasteiger partial charge in [0, 0.05) is 30.4 Å². The summed E-state index contributed by atoms with van der Waals surface area (Å²) in [6.07, 6.45) is 5.98. The number of hydrogen-bond acceptors (Lipinski definition) is 5. The molecule has 1 spiro atoms. The Balaban J connectivity index is 1.74. The van der Waals surface area contributed by atoms with Crippen LogP contribution in [-0.2, 0) is 19.1 Å². The topological polar surface area (TPSA) is 107 Å². The first-order chi connectivity index (χ1) is 17.3. The van der Waals surface area contributed by atoms with Crippen LogP contribution in [0.15, 0.2) is 36.9 Å². The number of rotatable bonds is 12. The van der Waals surface area contributed by atoms with Gasteiger partial charge in [-0.05, 0) is 56.4 Å². The van der Waals surface area contributed by atoms with Crippen LogP contribution in [0, 0.1) is 11.8 Å². The molecule has 0 aliphatic carbocycles. The largest absolute Gasteiger partial charge is 0.481 e. The van der Waals surface area contributed by atoms with Crippen LogP contribution in [0.1, 0.15) is 51.9 Å². The van der Waals surface area contributed by atoms with Crippen LogP contribution in [0.4, 0.5) is 5.69 Å². The number of benzene rings is 1. The van der Waals surface area contributed by atoms with Gasteiger partial charge in [-0.2, -0.15) is 0 Å². The SMILES string of the molecule is C=CCN(C(=O)C1N(CCCCCCO)C(=O)[C@@H]2[C@H](C(=O)O)[C@]3(CC)CCC12O3)c1ccc(Cl)cc1. The first-order valence-electron chi connectivity index (χ1n) is 12.8. The molecule has 2 bridgehead atoms. The van der Waals surface area contributed by atoms with Crippen LogP contribution >= 0.6 is 11.6 Å². The molecule has 3 saturated heterocycles. The average molecular weight is 519 g/mol. The second-order valence-electron chi connectivity index (χ2n) is 10.1. The highest BCUT2D eigenvalue weighted by Gasteiger charge is 2.79. The zero-order valence-corrected chi connectivity index (χ0v) is 21.5. The summed E-state index contributed by atoms with van der Waals surface area (Å²) in [7, 11) is 0. The number of amides is 2. The second kappa shape index (κ2) is 10.5. The molecule has 3 aliphatic heterocycles. The highest BCUT2D eigenvalue weighted by Crippen LogP contribution is 2.64. The van der Waals surface area contributed by atoms with E-state index in [9.17, 15) is 19.5 Å². The van der Waals surface area contributed by atoms with Gasteiger partial charge in [-0.15, -0.1) is 6.58 Å². The molecule has 2 unspecified atom stereocenters. The molecule has 1 aromatic carbocycles. The molecule has 36 heavy (non-hydrogen) atoms. The zero-order chi connectivity index (χ0) is 26.1. The van der Waals surface area contributed by atoms with Crippen LogP contribution < -0.4 is 4.90 Å². The number of fused-ring (bicyclic) bond motifs is 1. The van der Waals surface area contributed by atoms with Crippen molar-refractivity contribution in [3.05, 3.63) is 41.9 Å². The fraction of sp³-hybridized carbons (Fsp3) is 0.593. The van der Waals surface area contributed by atoms with Crippen molar-refractivity contribution in [2.24, 2.45) is 11.8 Å².